The molecule has 13 heavy (non-hydrogen) atoms. The minimum Gasteiger partial charge on any atom is -0.349 e. The SMILES string of the molecule is O=C(NCc1ccccc1)C(F)I. The fraction of sp³-hybridized carbons (Fsp3) is 0.222. The van der Waals surface area contributed by atoms with E-state index < -0.39 is 10.1 Å². The summed E-state index contributed by atoms with van der Waals surface area (Å²) in [5.74, 6) is -0.579. The van der Waals surface area contributed by atoms with Gasteiger partial charge < -0.3 is 5.32 Å². The summed E-state index contributed by atoms with van der Waals surface area (Å²) in [4.78, 5) is 10.8. The molecule has 1 N–H and O–H groups in total. The summed E-state index contributed by atoms with van der Waals surface area (Å²) in [5.41, 5.74) is 0.966. The molecule has 0 heterocycles. The maximum absolute atomic E-state index is 12.4. The number of alkyl halides is 2. The Kier molecular flexibility index (Phi) is 4.14. The van der Waals surface area contributed by atoms with Gasteiger partial charge in [0.1, 0.15) is 0 Å². The molecule has 0 aliphatic rings. The van der Waals surface area contributed by atoms with Crippen LogP contribution in [0.25, 0.3) is 0 Å². The average Bonchev–Trinajstić information content (AvgIpc) is 2.15. The van der Waals surface area contributed by atoms with Crippen LogP contribution in [0.3, 0.4) is 0 Å². The lowest BCUT2D eigenvalue weighted by atomic mass is 10.2. The van der Waals surface area contributed by atoms with Gasteiger partial charge in [0.05, 0.1) is 0 Å². The number of rotatable bonds is 3. The van der Waals surface area contributed by atoms with Crippen molar-refractivity contribution in [2.45, 2.75) is 10.7 Å². The van der Waals surface area contributed by atoms with E-state index in [1.54, 1.807) is 0 Å². The zero-order chi connectivity index (χ0) is 9.68. The Balaban J connectivity index is 2.40. The van der Waals surface area contributed by atoms with Crippen LogP contribution in [0.15, 0.2) is 30.3 Å². The van der Waals surface area contributed by atoms with Gasteiger partial charge in [-0.3, -0.25) is 4.79 Å². The second kappa shape index (κ2) is 5.16. The first kappa shape index (κ1) is 10.4. The number of amides is 1. The third-order valence-corrected chi connectivity index (χ3v) is 2.07. The van der Waals surface area contributed by atoms with Crippen LogP contribution in [0.2, 0.25) is 0 Å². The van der Waals surface area contributed by atoms with Crippen molar-refractivity contribution in [2.75, 3.05) is 0 Å². The van der Waals surface area contributed by atoms with Crippen molar-refractivity contribution in [1.82, 2.24) is 5.32 Å². The van der Waals surface area contributed by atoms with E-state index in [2.05, 4.69) is 5.32 Å². The van der Waals surface area contributed by atoms with Crippen LogP contribution in [0, 0.1) is 0 Å². The van der Waals surface area contributed by atoms with Gasteiger partial charge in [0.15, 0.2) is 0 Å². The summed E-state index contributed by atoms with van der Waals surface area (Å²) in [5, 5.41) is 2.48. The quantitative estimate of drug-likeness (QED) is 0.670. The van der Waals surface area contributed by atoms with Gasteiger partial charge in [-0.1, -0.05) is 30.3 Å². The molecule has 0 aliphatic carbocycles. The smallest absolute Gasteiger partial charge is 0.265 e. The molecule has 0 fully saturated rings. The largest absolute Gasteiger partial charge is 0.349 e. The number of carbonyl (C=O) groups excluding carboxylic acids is 1. The van der Waals surface area contributed by atoms with E-state index in [-0.39, 0.29) is 0 Å². The molecule has 0 saturated carbocycles. The van der Waals surface area contributed by atoms with Crippen molar-refractivity contribution >= 4 is 28.5 Å². The number of halogens is 2. The van der Waals surface area contributed by atoms with Crippen LogP contribution < -0.4 is 5.32 Å². The molecule has 0 spiro atoms. The first-order valence-corrected chi connectivity index (χ1v) is 5.04. The van der Waals surface area contributed by atoms with Gasteiger partial charge in [-0.15, -0.1) is 0 Å². The molecule has 1 unspecified atom stereocenters. The molecule has 0 bridgehead atoms. The van der Waals surface area contributed by atoms with Crippen molar-refractivity contribution in [3.05, 3.63) is 35.9 Å². The number of nitrogens with one attached hydrogen (secondary N) is 1. The lowest BCUT2D eigenvalue weighted by Crippen LogP contribution is -2.27. The van der Waals surface area contributed by atoms with Crippen LogP contribution in [0.4, 0.5) is 4.39 Å². The van der Waals surface area contributed by atoms with Gasteiger partial charge >= 0.3 is 0 Å². The topological polar surface area (TPSA) is 29.1 Å². The molecular weight excluding hydrogens is 284 g/mol. The zero-order valence-corrected chi connectivity index (χ0v) is 8.99. The summed E-state index contributed by atoms with van der Waals surface area (Å²) in [7, 11) is 0. The average molecular weight is 293 g/mol. The van der Waals surface area contributed by atoms with E-state index in [0.29, 0.717) is 6.54 Å². The lowest BCUT2D eigenvalue weighted by molar-refractivity contribution is -0.122. The Morgan fingerprint density at radius 3 is 2.62 bits per heavy atom. The number of benzene rings is 1. The molecule has 2 nitrogen and oxygen atoms in total. The summed E-state index contributed by atoms with van der Waals surface area (Å²) in [6.45, 7) is 0.378. The van der Waals surface area contributed by atoms with E-state index in [4.69, 9.17) is 0 Å². The van der Waals surface area contributed by atoms with Crippen molar-refractivity contribution in [2.24, 2.45) is 0 Å². The minimum absolute atomic E-state index is 0.378. The Hall–Kier alpha value is -0.650. The Morgan fingerprint density at radius 1 is 1.46 bits per heavy atom. The van der Waals surface area contributed by atoms with Crippen LogP contribution in [-0.2, 0) is 11.3 Å². The van der Waals surface area contributed by atoms with Gasteiger partial charge in [-0.2, -0.15) is 0 Å². The second-order valence-corrected chi connectivity index (χ2v) is 3.60. The van der Waals surface area contributed by atoms with E-state index in [1.165, 1.54) is 22.6 Å². The molecule has 1 amide bonds. The van der Waals surface area contributed by atoms with Crippen LogP contribution in [0.1, 0.15) is 5.56 Å². The highest BCUT2D eigenvalue weighted by Crippen LogP contribution is 2.02. The third kappa shape index (κ3) is 3.71. The Bertz CT molecular complexity index is 276. The number of hydrogen-bond acceptors (Lipinski definition) is 1. The monoisotopic (exact) mass is 293 g/mol. The highest BCUT2D eigenvalue weighted by atomic mass is 127. The zero-order valence-electron chi connectivity index (χ0n) is 6.84. The fourth-order valence-corrected chi connectivity index (χ4v) is 1.08. The maximum Gasteiger partial charge on any atom is 0.265 e. The molecule has 0 aromatic heterocycles. The molecular formula is C9H9FINO. The highest BCUT2D eigenvalue weighted by Gasteiger charge is 2.10. The summed E-state index contributed by atoms with van der Waals surface area (Å²) in [6.07, 6.45) is 0. The van der Waals surface area contributed by atoms with Crippen LogP contribution in [0.5, 0.6) is 0 Å². The third-order valence-electron chi connectivity index (χ3n) is 1.51. The maximum atomic E-state index is 12.4. The first-order valence-electron chi connectivity index (χ1n) is 3.80. The van der Waals surface area contributed by atoms with Crippen molar-refractivity contribution in [3.8, 4) is 0 Å². The van der Waals surface area contributed by atoms with Gasteiger partial charge in [0.25, 0.3) is 5.91 Å². The molecule has 0 radical (unpaired) electrons. The standard InChI is InChI=1S/C9H9FINO/c10-8(11)9(13)12-6-7-4-2-1-3-5-7/h1-5,8H,6H2,(H,12,13). The highest BCUT2D eigenvalue weighted by molar-refractivity contribution is 14.1. The van der Waals surface area contributed by atoms with Crippen molar-refractivity contribution in [3.63, 3.8) is 0 Å². The lowest BCUT2D eigenvalue weighted by Gasteiger charge is -2.04. The van der Waals surface area contributed by atoms with Crippen LogP contribution >= 0.6 is 22.6 Å². The normalized spacial score (nSPS) is 12.2. The van der Waals surface area contributed by atoms with Crippen LogP contribution in [-0.4, -0.2) is 10.1 Å². The van der Waals surface area contributed by atoms with Gasteiger partial charge in [-0.05, 0) is 28.2 Å². The van der Waals surface area contributed by atoms with Crippen molar-refractivity contribution in [1.29, 1.82) is 0 Å². The molecule has 4 heteroatoms. The molecule has 1 rings (SSSR count). The summed E-state index contributed by atoms with van der Waals surface area (Å²) in [6, 6.07) is 9.39. The predicted molar refractivity (Wildman–Crippen MR) is 57.2 cm³/mol. The Labute approximate surface area is 89.7 Å². The minimum atomic E-state index is -1.47. The fourth-order valence-electron chi connectivity index (χ4n) is 0.862. The Morgan fingerprint density at radius 2 is 2.08 bits per heavy atom. The second-order valence-electron chi connectivity index (χ2n) is 2.50. The van der Waals surface area contributed by atoms with Gasteiger partial charge in [0, 0.05) is 6.54 Å². The van der Waals surface area contributed by atoms with E-state index in [0.717, 1.165) is 5.56 Å². The molecule has 70 valence electrons. The summed E-state index contributed by atoms with van der Waals surface area (Å²) < 4.78 is 10.9. The molecule has 1 aromatic rings. The number of hydrogen-bond donors (Lipinski definition) is 1. The molecule has 0 saturated heterocycles. The van der Waals surface area contributed by atoms with Gasteiger partial charge in [-0.25, -0.2) is 4.39 Å². The molecule has 0 aliphatic heterocycles. The van der Waals surface area contributed by atoms with E-state index in [1.807, 2.05) is 30.3 Å². The summed E-state index contributed by atoms with van der Waals surface area (Å²) >= 11 is 1.43. The van der Waals surface area contributed by atoms with E-state index >= 15 is 0 Å². The predicted octanol–water partition coefficient (Wildman–Crippen LogP) is 2.03. The van der Waals surface area contributed by atoms with Crippen molar-refractivity contribution < 1.29 is 9.18 Å². The molecule has 1 aromatic carbocycles. The molecule has 1 atom stereocenters. The van der Waals surface area contributed by atoms with E-state index in [9.17, 15) is 9.18 Å². The van der Waals surface area contributed by atoms with Gasteiger partial charge in [0.2, 0.25) is 4.18 Å². The number of carbonyl (C=O) groups is 1. The first-order chi connectivity index (χ1) is 6.20.